The smallest absolute Gasteiger partial charge is 0.0329 e. The molecule has 2 rings (SSSR count). The Bertz CT molecular complexity index is 102. The molecule has 2 heterocycles. The summed E-state index contributed by atoms with van der Waals surface area (Å²) in [6.07, 6.45) is 2.67. The molecule has 2 aliphatic heterocycles. The molecule has 0 aromatic rings. The average Bonchev–Trinajstić information content (AvgIpc) is 2.19. The summed E-state index contributed by atoms with van der Waals surface area (Å²) in [5.74, 6) is 0. The largest absolute Gasteiger partial charge is 0.314 e. The SMILES string of the molecule is SN1C2CCC1CNC2. The zero-order chi connectivity index (χ0) is 6.27. The van der Waals surface area contributed by atoms with Crippen LogP contribution in [-0.2, 0) is 0 Å². The van der Waals surface area contributed by atoms with Gasteiger partial charge in [-0.15, -0.1) is 0 Å². The maximum Gasteiger partial charge on any atom is 0.0329 e. The highest BCUT2D eigenvalue weighted by Crippen LogP contribution is 2.27. The summed E-state index contributed by atoms with van der Waals surface area (Å²) in [5, 5.41) is 3.39. The van der Waals surface area contributed by atoms with Crippen LogP contribution >= 0.6 is 12.8 Å². The monoisotopic (exact) mass is 144 g/mol. The van der Waals surface area contributed by atoms with Crippen molar-refractivity contribution in [3.8, 4) is 0 Å². The second-order valence-electron chi connectivity index (χ2n) is 2.92. The number of thiol groups is 1. The van der Waals surface area contributed by atoms with Crippen molar-refractivity contribution in [3.63, 3.8) is 0 Å². The van der Waals surface area contributed by atoms with Crippen molar-refractivity contribution in [2.45, 2.75) is 24.9 Å². The molecule has 0 spiro atoms. The van der Waals surface area contributed by atoms with Crippen LogP contribution < -0.4 is 5.32 Å². The van der Waals surface area contributed by atoms with Crippen LogP contribution in [0, 0.1) is 0 Å². The number of piperazine rings is 1. The van der Waals surface area contributed by atoms with Crippen molar-refractivity contribution >= 4 is 12.8 Å². The molecule has 0 aromatic carbocycles. The Labute approximate surface area is 61.2 Å². The zero-order valence-corrected chi connectivity index (χ0v) is 6.27. The van der Waals surface area contributed by atoms with Gasteiger partial charge >= 0.3 is 0 Å². The maximum atomic E-state index is 4.41. The molecule has 2 saturated heterocycles. The molecule has 0 aliphatic carbocycles. The number of rotatable bonds is 0. The predicted molar refractivity (Wildman–Crippen MR) is 40.5 cm³/mol. The van der Waals surface area contributed by atoms with Crippen molar-refractivity contribution in [1.29, 1.82) is 0 Å². The van der Waals surface area contributed by atoms with Crippen molar-refractivity contribution in [2.24, 2.45) is 0 Å². The number of hydrogen-bond acceptors (Lipinski definition) is 3. The van der Waals surface area contributed by atoms with E-state index in [2.05, 4.69) is 22.4 Å². The molecule has 3 heteroatoms. The average molecular weight is 144 g/mol. The van der Waals surface area contributed by atoms with Crippen molar-refractivity contribution in [3.05, 3.63) is 0 Å². The van der Waals surface area contributed by atoms with Gasteiger partial charge in [-0.3, -0.25) is 0 Å². The lowest BCUT2D eigenvalue weighted by atomic mass is 10.2. The molecule has 2 unspecified atom stereocenters. The topological polar surface area (TPSA) is 15.3 Å². The van der Waals surface area contributed by atoms with Crippen LogP contribution in [-0.4, -0.2) is 29.5 Å². The lowest BCUT2D eigenvalue weighted by molar-refractivity contribution is 0.291. The first kappa shape index (κ1) is 6.01. The van der Waals surface area contributed by atoms with E-state index in [0.717, 1.165) is 13.1 Å². The molecular weight excluding hydrogens is 132 g/mol. The summed E-state index contributed by atoms with van der Waals surface area (Å²) >= 11 is 4.41. The Morgan fingerprint density at radius 1 is 1.22 bits per heavy atom. The third kappa shape index (κ3) is 0.876. The van der Waals surface area contributed by atoms with Crippen LogP contribution in [0.3, 0.4) is 0 Å². The third-order valence-electron chi connectivity index (χ3n) is 2.34. The number of hydrogen-bond donors (Lipinski definition) is 2. The Kier molecular flexibility index (Phi) is 1.43. The predicted octanol–water partition coefficient (Wildman–Crippen LogP) is 0.267. The van der Waals surface area contributed by atoms with E-state index < -0.39 is 0 Å². The summed E-state index contributed by atoms with van der Waals surface area (Å²) in [4.78, 5) is 0. The van der Waals surface area contributed by atoms with Crippen LogP contribution in [0.25, 0.3) is 0 Å². The quantitative estimate of drug-likeness (QED) is 0.474. The van der Waals surface area contributed by atoms with Gasteiger partial charge in [-0.05, 0) is 12.8 Å². The van der Waals surface area contributed by atoms with Crippen LogP contribution in [0.15, 0.2) is 0 Å². The van der Waals surface area contributed by atoms with Gasteiger partial charge < -0.3 is 5.32 Å². The number of fused-ring (bicyclic) bond motifs is 2. The molecule has 0 aromatic heterocycles. The lowest BCUT2D eigenvalue weighted by Gasteiger charge is -2.29. The molecule has 1 N–H and O–H groups in total. The van der Waals surface area contributed by atoms with Crippen LogP contribution in [0.1, 0.15) is 12.8 Å². The van der Waals surface area contributed by atoms with E-state index in [4.69, 9.17) is 0 Å². The van der Waals surface area contributed by atoms with Crippen LogP contribution in [0.5, 0.6) is 0 Å². The molecule has 2 fully saturated rings. The van der Waals surface area contributed by atoms with Gasteiger partial charge in [0.15, 0.2) is 0 Å². The highest BCUT2D eigenvalue weighted by Gasteiger charge is 2.34. The van der Waals surface area contributed by atoms with E-state index in [9.17, 15) is 0 Å². The fourth-order valence-corrected chi connectivity index (χ4v) is 2.15. The van der Waals surface area contributed by atoms with Gasteiger partial charge in [-0.1, -0.05) is 12.8 Å². The van der Waals surface area contributed by atoms with Gasteiger partial charge in [0, 0.05) is 25.2 Å². The molecule has 0 saturated carbocycles. The van der Waals surface area contributed by atoms with Crippen LogP contribution in [0.2, 0.25) is 0 Å². The first-order valence-electron chi connectivity index (χ1n) is 3.56. The maximum absolute atomic E-state index is 4.41. The summed E-state index contributed by atoms with van der Waals surface area (Å²) in [6.45, 7) is 2.28. The van der Waals surface area contributed by atoms with E-state index in [0.29, 0.717) is 12.1 Å². The third-order valence-corrected chi connectivity index (χ3v) is 2.99. The van der Waals surface area contributed by atoms with E-state index in [1.807, 2.05) is 0 Å². The summed E-state index contributed by atoms with van der Waals surface area (Å²) in [7, 11) is 0. The van der Waals surface area contributed by atoms with Gasteiger partial charge in [0.2, 0.25) is 0 Å². The first-order chi connectivity index (χ1) is 4.38. The molecule has 0 amide bonds. The summed E-state index contributed by atoms with van der Waals surface area (Å²) < 4.78 is 2.22. The van der Waals surface area contributed by atoms with E-state index >= 15 is 0 Å². The highest BCUT2D eigenvalue weighted by molar-refractivity contribution is 7.77. The minimum Gasteiger partial charge on any atom is -0.314 e. The number of nitrogens with zero attached hydrogens (tertiary/aromatic N) is 1. The van der Waals surface area contributed by atoms with Crippen molar-refractivity contribution < 1.29 is 0 Å². The Balaban J connectivity index is 2.10. The van der Waals surface area contributed by atoms with Crippen molar-refractivity contribution in [2.75, 3.05) is 13.1 Å². The molecule has 2 atom stereocenters. The van der Waals surface area contributed by atoms with Gasteiger partial charge in [0.05, 0.1) is 0 Å². The molecular formula is C6H12N2S. The van der Waals surface area contributed by atoms with Gasteiger partial charge in [0.1, 0.15) is 0 Å². The van der Waals surface area contributed by atoms with Gasteiger partial charge in [-0.2, -0.15) is 0 Å². The van der Waals surface area contributed by atoms with E-state index in [1.165, 1.54) is 12.8 Å². The highest BCUT2D eigenvalue weighted by atomic mass is 32.1. The van der Waals surface area contributed by atoms with E-state index in [-0.39, 0.29) is 0 Å². The Morgan fingerprint density at radius 3 is 2.22 bits per heavy atom. The minimum atomic E-state index is 0.715. The van der Waals surface area contributed by atoms with Gasteiger partial charge in [-0.25, -0.2) is 4.31 Å². The summed E-state index contributed by atoms with van der Waals surface area (Å²) in [6, 6.07) is 1.43. The van der Waals surface area contributed by atoms with Crippen molar-refractivity contribution in [1.82, 2.24) is 9.62 Å². The molecule has 0 radical (unpaired) electrons. The normalized spacial score (nSPS) is 43.7. The first-order valence-corrected chi connectivity index (χ1v) is 3.96. The van der Waals surface area contributed by atoms with E-state index in [1.54, 1.807) is 0 Å². The molecule has 2 nitrogen and oxygen atoms in total. The molecule has 2 bridgehead atoms. The lowest BCUT2D eigenvalue weighted by Crippen LogP contribution is -2.47. The molecule has 9 heavy (non-hydrogen) atoms. The fourth-order valence-electron chi connectivity index (χ4n) is 1.76. The zero-order valence-electron chi connectivity index (χ0n) is 5.38. The van der Waals surface area contributed by atoms with Gasteiger partial charge in [0.25, 0.3) is 0 Å². The second kappa shape index (κ2) is 2.15. The van der Waals surface area contributed by atoms with Crippen LogP contribution in [0.4, 0.5) is 0 Å². The second-order valence-corrected chi connectivity index (χ2v) is 3.39. The molecule has 2 aliphatic rings. The Hall–Kier alpha value is 0.270. The summed E-state index contributed by atoms with van der Waals surface area (Å²) in [5.41, 5.74) is 0. The fraction of sp³-hybridized carbons (Fsp3) is 1.00. The Morgan fingerprint density at radius 2 is 1.78 bits per heavy atom. The number of nitrogens with one attached hydrogen (secondary N) is 1. The molecule has 52 valence electrons. The standard InChI is InChI=1S/C6H12N2S/c9-8-5-1-2-6(8)4-7-3-5/h5-7,9H,1-4H2. The minimum absolute atomic E-state index is 0.715.